The summed E-state index contributed by atoms with van der Waals surface area (Å²) >= 11 is 5.86. The molecule has 0 fully saturated rings. The van der Waals surface area contributed by atoms with Crippen LogP contribution in [-0.4, -0.2) is 15.6 Å². The maximum absolute atomic E-state index is 11.7. The van der Waals surface area contributed by atoms with Gasteiger partial charge in [0, 0.05) is 10.6 Å². The largest absolute Gasteiger partial charge is 0.351 e. The molecule has 1 amide bonds. The Kier molecular flexibility index (Phi) is 2.72. The Hall–Kier alpha value is -2.33. The third-order valence-corrected chi connectivity index (χ3v) is 3.14. The summed E-state index contributed by atoms with van der Waals surface area (Å²) in [6.07, 6.45) is 0. The Balaban J connectivity index is 2.31. The molecule has 0 aliphatic heterocycles. The second-order valence-electron chi connectivity index (χ2n) is 4.10. The van der Waals surface area contributed by atoms with E-state index in [9.17, 15) is 4.79 Å². The lowest BCUT2D eigenvalue weighted by Crippen LogP contribution is -2.20. The zero-order valence-corrected chi connectivity index (χ0v) is 10.6. The van der Waals surface area contributed by atoms with Gasteiger partial charge in [-0.2, -0.15) is 0 Å². The highest BCUT2D eigenvalue weighted by molar-refractivity contribution is 6.30. The number of amides is 1. The van der Waals surface area contributed by atoms with Gasteiger partial charge in [0.2, 0.25) is 0 Å². The summed E-state index contributed by atoms with van der Waals surface area (Å²) in [5.74, 6) is 0.519. The normalized spacial score (nSPS) is 10.8. The first kappa shape index (κ1) is 11.7. The highest BCUT2D eigenvalue weighted by Crippen LogP contribution is 2.25. The summed E-state index contributed by atoms with van der Waals surface area (Å²) in [6, 6.07) is 13.9. The predicted octanol–water partition coefficient (Wildman–Crippen LogP) is 3.28. The third kappa shape index (κ3) is 1.96. The standard InChI is InChI=1S/C14H10ClN3O/c15-10-7-5-9(6-8-10)13-17-11-3-1-2-4-12(11)18(13)14(16)19/h1-8H,(H2,16,19). The molecule has 1 aromatic heterocycles. The number of para-hydroxylation sites is 2. The fraction of sp³-hybridized carbons (Fsp3) is 0. The third-order valence-electron chi connectivity index (χ3n) is 2.88. The lowest BCUT2D eigenvalue weighted by Gasteiger charge is -2.04. The number of fused-ring (bicyclic) bond motifs is 1. The number of nitrogens with zero attached hydrogens (tertiary/aromatic N) is 2. The molecule has 0 unspecified atom stereocenters. The minimum absolute atomic E-state index is 0.519. The van der Waals surface area contributed by atoms with E-state index in [1.807, 2.05) is 36.4 Å². The molecular formula is C14H10ClN3O. The first-order chi connectivity index (χ1) is 9.16. The second-order valence-corrected chi connectivity index (χ2v) is 4.54. The van der Waals surface area contributed by atoms with E-state index in [1.165, 1.54) is 4.57 Å². The molecule has 4 nitrogen and oxygen atoms in total. The minimum Gasteiger partial charge on any atom is -0.351 e. The van der Waals surface area contributed by atoms with Crippen molar-refractivity contribution in [2.75, 3.05) is 0 Å². The molecule has 0 spiro atoms. The molecule has 2 N–H and O–H groups in total. The number of imidazole rings is 1. The maximum Gasteiger partial charge on any atom is 0.325 e. The number of primary amides is 1. The summed E-state index contributed by atoms with van der Waals surface area (Å²) in [7, 11) is 0. The smallest absolute Gasteiger partial charge is 0.325 e. The molecule has 0 bridgehead atoms. The summed E-state index contributed by atoms with van der Waals surface area (Å²) < 4.78 is 1.40. The second kappa shape index (κ2) is 4.40. The first-order valence-corrected chi connectivity index (χ1v) is 6.08. The lowest BCUT2D eigenvalue weighted by atomic mass is 10.2. The van der Waals surface area contributed by atoms with Gasteiger partial charge in [-0.15, -0.1) is 0 Å². The Morgan fingerprint density at radius 2 is 1.79 bits per heavy atom. The maximum atomic E-state index is 11.7. The highest BCUT2D eigenvalue weighted by atomic mass is 35.5. The molecule has 0 saturated heterocycles. The predicted molar refractivity (Wildman–Crippen MR) is 75.2 cm³/mol. The topological polar surface area (TPSA) is 60.9 Å². The van der Waals surface area contributed by atoms with Crippen LogP contribution in [0.4, 0.5) is 4.79 Å². The summed E-state index contributed by atoms with van der Waals surface area (Å²) in [4.78, 5) is 16.1. The van der Waals surface area contributed by atoms with Crippen molar-refractivity contribution in [3.8, 4) is 11.4 Å². The Morgan fingerprint density at radius 3 is 2.47 bits per heavy atom. The molecule has 0 atom stereocenters. The van der Waals surface area contributed by atoms with Crippen molar-refractivity contribution >= 4 is 28.7 Å². The van der Waals surface area contributed by atoms with Crippen LogP contribution >= 0.6 is 11.6 Å². The Labute approximate surface area is 114 Å². The fourth-order valence-electron chi connectivity index (χ4n) is 2.04. The monoisotopic (exact) mass is 271 g/mol. The van der Waals surface area contributed by atoms with E-state index < -0.39 is 6.03 Å². The van der Waals surface area contributed by atoms with Crippen molar-refractivity contribution in [3.63, 3.8) is 0 Å². The molecule has 94 valence electrons. The number of nitrogens with two attached hydrogens (primary N) is 1. The van der Waals surface area contributed by atoms with Gasteiger partial charge < -0.3 is 5.73 Å². The van der Waals surface area contributed by atoms with Crippen LogP contribution in [0.1, 0.15) is 0 Å². The van der Waals surface area contributed by atoms with Crippen LogP contribution in [0.3, 0.4) is 0 Å². The van der Waals surface area contributed by atoms with E-state index in [-0.39, 0.29) is 0 Å². The van der Waals surface area contributed by atoms with Gasteiger partial charge in [0.05, 0.1) is 11.0 Å². The molecule has 1 heterocycles. The molecule has 0 radical (unpaired) electrons. The summed E-state index contributed by atoms with van der Waals surface area (Å²) in [6.45, 7) is 0. The van der Waals surface area contributed by atoms with Gasteiger partial charge in [-0.25, -0.2) is 14.3 Å². The van der Waals surface area contributed by atoms with E-state index in [2.05, 4.69) is 4.98 Å². The van der Waals surface area contributed by atoms with Crippen molar-refractivity contribution < 1.29 is 4.79 Å². The average Bonchev–Trinajstić information content (AvgIpc) is 2.78. The van der Waals surface area contributed by atoms with E-state index in [4.69, 9.17) is 17.3 Å². The van der Waals surface area contributed by atoms with Crippen LogP contribution in [0.25, 0.3) is 22.4 Å². The van der Waals surface area contributed by atoms with Gasteiger partial charge in [0.1, 0.15) is 5.82 Å². The molecule has 3 aromatic rings. The number of hydrogen-bond donors (Lipinski definition) is 1. The number of halogens is 1. The van der Waals surface area contributed by atoms with E-state index in [0.717, 1.165) is 11.1 Å². The average molecular weight is 272 g/mol. The number of rotatable bonds is 1. The number of hydrogen-bond acceptors (Lipinski definition) is 2. The molecule has 2 aromatic carbocycles. The van der Waals surface area contributed by atoms with Gasteiger partial charge in [0.25, 0.3) is 0 Å². The Morgan fingerprint density at radius 1 is 1.11 bits per heavy atom. The number of benzene rings is 2. The molecule has 0 aliphatic carbocycles. The molecule has 19 heavy (non-hydrogen) atoms. The molecular weight excluding hydrogens is 262 g/mol. The van der Waals surface area contributed by atoms with Crippen LogP contribution in [0.15, 0.2) is 48.5 Å². The van der Waals surface area contributed by atoms with Crippen molar-refractivity contribution in [1.82, 2.24) is 9.55 Å². The van der Waals surface area contributed by atoms with Gasteiger partial charge in [0.15, 0.2) is 0 Å². The summed E-state index contributed by atoms with van der Waals surface area (Å²) in [5.41, 5.74) is 7.66. The van der Waals surface area contributed by atoms with Crippen LogP contribution in [0.5, 0.6) is 0 Å². The zero-order chi connectivity index (χ0) is 13.4. The van der Waals surface area contributed by atoms with Crippen LogP contribution in [0, 0.1) is 0 Å². The van der Waals surface area contributed by atoms with Crippen LogP contribution in [0.2, 0.25) is 5.02 Å². The molecule has 0 saturated carbocycles. The number of carbonyl (C=O) groups excluding carboxylic acids is 1. The van der Waals surface area contributed by atoms with Gasteiger partial charge in [-0.3, -0.25) is 0 Å². The quantitative estimate of drug-likeness (QED) is 0.738. The van der Waals surface area contributed by atoms with E-state index in [1.54, 1.807) is 12.1 Å². The molecule has 3 rings (SSSR count). The SMILES string of the molecule is NC(=O)n1c(-c2ccc(Cl)cc2)nc2ccccc21. The van der Waals surface area contributed by atoms with E-state index >= 15 is 0 Å². The van der Waals surface area contributed by atoms with Crippen molar-refractivity contribution in [2.45, 2.75) is 0 Å². The first-order valence-electron chi connectivity index (χ1n) is 5.70. The Bertz CT molecular complexity index is 762. The van der Waals surface area contributed by atoms with E-state index in [0.29, 0.717) is 16.4 Å². The molecule has 0 aliphatic rings. The van der Waals surface area contributed by atoms with Gasteiger partial charge in [-0.1, -0.05) is 23.7 Å². The fourth-order valence-corrected chi connectivity index (χ4v) is 2.17. The lowest BCUT2D eigenvalue weighted by molar-refractivity contribution is 0.251. The number of carbonyl (C=O) groups is 1. The van der Waals surface area contributed by atoms with Gasteiger partial charge >= 0.3 is 6.03 Å². The van der Waals surface area contributed by atoms with Crippen molar-refractivity contribution in [2.24, 2.45) is 5.73 Å². The minimum atomic E-state index is -0.557. The number of aromatic nitrogens is 2. The zero-order valence-electron chi connectivity index (χ0n) is 9.88. The highest BCUT2D eigenvalue weighted by Gasteiger charge is 2.15. The summed E-state index contributed by atoms with van der Waals surface area (Å²) in [5, 5.41) is 0.630. The molecule has 5 heteroatoms. The van der Waals surface area contributed by atoms with Crippen LogP contribution < -0.4 is 5.73 Å². The van der Waals surface area contributed by atoms with Crippen molar-refractivity contribution in [3.05, 3.63) is 53.6 Å². The van der Waals surface area contributed by atoms with Gasteiger partial charge in [-0.05, 0) is 36.4 Å². The van der Waals surface area contributed by atoms with Crippen molar-refractivity contribution in [1.29, 1.82) is 0 Å². The van der Waals surface area contributed by atoms with Crippen LogP contribution in [-0.2, 0) is 0 Å².